The second-order valence-corrected chi connectivity index (χ2v) is 6.91. The SMILES string of the molecule is CCCCc1ccc(-c2csnc2-c2cc(OC)c(OC)cc2OC)cc1. The van der Waals surface area contributed by atoms with Gasteiger partial charge >= 0.3 is 0 Å². The molecule has 3 rings (SSSR count). The van der Waals surface area contributed by atoms with Crippen molar-refractivity contribution in [2.75, 3.05) is 21.3 Å². The molecule has 0 aliphatic rings. The molecule has 0 unspecified atom stereocenters. The van der Waals surface area contributed by atoms with Gasteiger partial charge in [0.05, 0.1) is 27.0 Å². The highest BCUT2D eigenvalue weighted by atomic mass is 32.1. The Kier molecular flexibility index (Phi) is 6.35. The number of rotatable bonds is 8. The normalized spacial score (nSPS) is 10.7. The van der Waals surface area contributed by atoms with Crippen molar-refractivity contribution >= 4 is 11.5 Å². The van der Waals surface area contributed by atoms with Gasteiger partial charge in [0.1, 0.15) is 5.75 Å². The molecule has 0 saturated heterocycles. The average Bonchev–Trinajstić information content (AvgIpc) is 3.21. The van der Waals surface area contributed by atoms with Gasteiger partial charge in [-0.2, -0.15) is 4.37 Å². The van der Waals surface area contributed by atoms with Gasteiger partial charge in [-0.3, -0.25) is 0 Å². The molecule has 0 saturated carbocycles. The quantitative estimate of drug-likeness (QED) is 0.489. The maximum absolute atomic E-state index is 5.59. The fraction of sp³-hybridized carbons (Fsp3) is 0.318. The zero-order chi connectivity index (χ0) is 19.2. The summed E-state index contributed by atoms with van der Waals surface area (Å²) in [4.78, 5) is 0. The number of aromatic nitrogens is 1. The molecule has 0 spiro atoms. The van der Waals surface area contributed by atoms with Crippen LogP contribution >= 0.6 is 11.5 Å². The minimum absolute atomic E-state index is 0.634. The molecule has 0 aliphatic heterocycles. The summed E-state index contributed by atoms with van der Waals surface area (Å²) < 4.78 is 21.1. The first-order chi connectivity index (χ1) is 13.2. The molecule has 1 heterocycles. The molecule has 0 N–H and O–H groups in total. The van der Waals surface area contributed by atoms with Crippen molar-refractivity contribution in [2.45, 2.75) is 26.2 Å². The number of benzene rings is 2. The summed E-state index contributed by atoms with van der Waals surface area (Å²) in [6.45, 7) is 2.22. The summed E-state index contributed by atoms with van der Waals surface area (Å²) in [5, 5.41) is 2.08. The van der Waals surface area contributed by atoms with Crippen molar-refractivity contribution in [1.82, 2.24) is 4.37 Å². The van der Waals surface area contributed by atoms with Crippen LogP contribution in [0.2, 0.25) is 0 Å². The van der Waals surface area contributed by atoms with E-state index in [1.807, 2.05) is 12.1 Å². The summed E-state index contributed by atoms with van der Waals surface area (Å²) in [6, 6.07) is 12.5. The molecule has 0 aliphatic carbocycles. The highest BCUT2D eigenvalue weighted by molar-refractivity contribution is 7.04. The van der Waals surface area contributed by atoms with Gasteiger partial charge in [-0.1, -0.05) is 37.6 Å². The number of nitrogens with zero attached hydrogens (tertiary/aromatic N) is 1. The van der Waals surface area contributed by atoms with Gasteiger partial charge in [0.25, 0.3) is 0 Å². The lowest BCUT2D eigenvalue weighted by Crippen LogP contribution is -1.95. The van der Waals surface area contributed by atoms with Crippen molar-refractivity contribution in [1.29, 1.82) is 0 Å². The Hall–Kier alpha value is -2.53. The third-order valence-corrected chi connectivity index (χ3v) is 5.24. The standard InChI is InChI=1S/C22H25NO3S/c1-5-6-7-15-8-10-16(11-9-15)18-14-27-23-22(18)17-12-20(25-3)21(26-4)13-19(17)24-2/h8-14H,5-7H2,1-4H3. The van der Waals surface area contributed by atoms with Crippen LogP contribution in [0.4, 0.5) is 0 Å². The van der Waals surface area contributed by atoms with E-state index >= 15 is 0 Å². The van der Waals surface area contributed by atoms with Crippen LogP contribution in [0.1, 0.15) is 25.3 Å². The zero-order valence-corrected chi connectivity index (χ0v) is 17.1. The number of ether oxygens (including phenoxy) is 3. The van der Waals surface area contributed by atoms with Crippen molar-refractivity contribution in [3.05, 3.63) is 47.3 Å². The van der Waals surface area contributed by atoms with E-state index in [0.29, 0.717) is 17.2 Å². The Morgan fingerprint density at radius 2 is 1.52 bits per heavy atom. The van der Waals surface area contributed by atoms with E-state index in [4.69, 9.17) is 14.2 Å². The van der Waals surface area contributed by atoms with Gasteiger partial charge in [0.2, 0.25) is 0 Å². The van der Waals surface area contributed by atoms with Crippen molar-refractivity contribution in [3.8, 4) is 39.6 Å². The van der Waals surface area contributed by atoms with Crippen LogP contribution in [0.3, 0.4) is 0 Å². The van der Waals surface area contributed by atoms with E-state index in [2.05, 4.69) is 40.9 Å². The third kappa shape index (κ3) is 4.08. The predicted octanol–water partition coefficient (Wildman–Crippen LogP) is 5.85. The smallest absolute Gasteiger partial charge is 0.164 e. The van der Waals surface area contributed by atoms with Gasteiger partial charge < -0.3 is 14.2 Å². The van der Waals surface area contributed by atoms with Gasteiger partial charge in [0, 0.05) is 22.6 Å². The molecule has 27 heavy (non-hydrogen) atoms. The Balaban J connectivity index is 2.02. The maximum Gasteiger partial charge on any atom is 0.164 e. The molecular weight excluding hydrogens is 358 g/mol. The lowest BCUT2D eigenvalue weighted by atomic mass is 9.99. The molecule has 0 radical (unpaired) electrons. The predicted molar refractivity (Wildman–Crippen MR) is 111 cm³/mol. The molecule has 5 heteroatoms. The van der Waals surface area contributed by atoms with Gasteiger partial charge in [0.15, 0.2) is 11.5 Å². The van der Waals surface area contributed by atoms with Gasteiger partial charge in [-0.25, -0.2) is 0 Å². The largest absolute Gasteiger partial charge is 0.496 e. The summed E-state index contributed by atoms with van der Waals surface area (Å²) in [5.41, 5.74) is 5.39. The van der Waals surface area contributed by atoms with Crippen LogP contribution in [-0.2, 0) is 6.42 Å². The van der Waals surface area contributed by atoms with Crippen molar-refractivity contribution < 1.29 is 14.2 Å². The number of methoxy groups -OCH3 is 3. The van der Waals surface area contributed by atoms with E-state index in [1.54, 1.807) is 21.3 Å². The monoisotopic (exact) mass is 383 g/mol. The fourth-order valence-electron chi connectivity index (χ4n) is 3.08. The number of unbranched alkanes of at least 4 members (excludes halogenated alkanes) is 1. The second-order valence-electron chi connectivity index (χ2n) is 6.28. The maximum atomic E-state index is 5.59. The van der Waals surface area contributed by atoms with E-state index in [-0.39, 0.29) is 0 Å². The Morgan fingerprint density at radius 3 is 2.15 bits per heavy atom. The molecule has 0 atom stereocenters. The minimum Gasteiger partial charge on any atom is -0.496 e. The fourth-order valence-corrected chi connectivity index (χ4v) is 3.79. The number of hydrogen-bond donors (Lipinski definition) is 0. The van der Waals surface area contributed by atoms with E-state index < -0.39 is 0 Å². The Bertz CT molecular complexity index is 887. The van der Waals surface area contributed by atoms with Gasteiger partial charge in [-0.05, 0) is 41.6 Å². The lowest BCUT2D eigenvalue weighted by Gasteiger charge is -2.14. The van der Waals surface area contributed by atoms with Crippen LogP contribution in [0, 0.1) is 0 Å². The summed E-state index contributed by atoms with van der Waals surface area (Å²) in [5.74, 6) is 2.00. The molecule has 0 fully saturated rings. The van der Waals surface area contributed by atoms with Gasteiger partial charge in [-0.15, -0.1) is 0 Å². The lowest BCUT2D eigenvalue weighted by molar-refractivity contribution is 0.349. The van der Waals surface area contributed by atoms with Crippen molar-refractivity contribution in [3.63, 3.8) is 0 Å². The number of aryl methyl sites for hydroxylation is 1. The summed E-state index contributed by atoms with van der Waals surface area (Å²) in [6.07, 6.45) is 3.54. The third-order valence-electron chi connectivity index (χ3n) is 4.61. The molecule has 2 aromatic carbocycles. The highest BCUT2D eigenvalue weighted by Crippen LogP contribution is 2.43. The van der Waals surface area contributed by atoms with E-state index in [1.165, 1.54) is 29.9 Å². The molecule has 142 valence electrons. The minimum atomic E-state index is 0.634. The average molecular weight is 384 g/mol. The molecule has 1 aromatic heterocycles. The molecule has 4 nitrogen and oxygen atoms in total. The molecule has 0 bridgehead atoms. The Labute approximate surface area is 164 Å². The second kappa shape index (κ2) is 8.91. The molecule has 0 amide bonds. The van der Waals surface area contributed by atoms with Crippen LogP contribution in [-0.4, -0.2) is 25.7 Å². The van der Waals surface area contributed by atoms with E-state index in [9.17, 15) is 0 Å². The zero-order valence-electron chi connectivity index (χ0n) is 16.2. The van der Waals surface area contributed by atoms with Crippen LogP contribution in [0.25, 0.3) is 22.4 Å². The summed E-state index contributed by atoms with van der Waals surface area (Å²) in [7, 11) is 4.90. The first-order valence-electron chi connectivity index (χ1n) is 9.05. The molecule has 3 aromatic rings. The topological polar surface area (TPSA) is 40.6 Å². The first-order valence-corrected chi connectivity index (χ1v) is 9.89. The molecular formula is C22H25NO3S. The van der Waals surface area contributed by atoms with Crippen LogP contribution < -0.4 is 14.2 Å². The number of hydrogen-bond acceptors (Lipinski definition) is 5. The van der Waals surface area contributed by atoms with Crippen LogP contribution in [0.15, 0.2) is 41.8 Å². The summed E-state index contributed by atoms with van der Waals surface area (Å²) >= 11 is 1.44. The van der Waals surface area contributed by atoms with E-state index in [0.717, 1.165) is 28.8 Å². The highest BCUT2D eigenvalue weighted by Gasteiger charge is 2.19. The van der Waals surface area contributed by atoms with Crippen LogP contribution in [0.5, 0.6) is 17.2 Å². The first kappa shape index (κ1) is 19.2. The Morgan fingerprint density at radius 1 is 0.852 bits per heavy atom. The van der Waals surface area contributed by atoms with Crippen molar-refractivity contribution in [2.24, 2.45) is 0 Å².